The van der Waals surface area contributed by atoms with Gasteiger partial charge in [0.2, 0.25) is 10.0 Å². The fraction of sp³-hybridized carbons (Fsp3) is 0.278. The molecule has 1 fully saturated rings. The van der Waals surface area contributed by atoms with E-state index in [2.05, 4.69) is 5.32 Å². The summed E-state index contributed by atoms with van der Waals surface area (Å²) in [6.07, 6.45) is -2.86. The maximum absolute atomic E-state index is 12.6. The van der Waals surface area contributed by atoms with Crippen molar-refractivity contribution in [3.05, 3.63) is 59.7 Å². The molecular formula is C18H17F3N2O3S. The van der Waals surface area contributed by atoms with Crippen molar-refractivity contribution in [3.63, 3.8) is 0 Å². The molecule has 1 N–H and O–H groups in total. The van der Waals surface area contributed by atoms with Gasteiger partial charge in [-0.25, -0.2) is 8.42 Å². The molecule has 0 atom stereocenters. The van der Waals surface area contributed by atoms with Gasteiger partial charge in [0.25, 0.3) is 5.91 Å². The molecule has 1 heterocycles. The highest BCUT2D eigenvalue weighted by molar-refractivity contribution is 7.89. The first-order valence-corrected chi connectivity index (χ1v) is 9.71. The first-order valence-electron chi connectivity index (χ1n) is 8.27. The van der Waals surface area contributed by atoms with Crippen LogP contribution in [0, 0.1) is 0 Å². The first-order chi connectivity index (χ1) is 12.7. The van der Waals surface area contributed by atoms with Gasteiger partial charge in [0.05, 0.1) is 10.5 Å². The van der Waals surface area contributed by atoms with Crippen LogP contribution in [0.1, 0.15) is 28.8 Å². The van der Waals surface area contributed by atoms with Crippen molar-refractivity contribution >= 4 is 21.6 Å². The number of benzene rings is 2. The Morgan fingerprint density at radius 3 is 2.22 bits per heavy atom. The summed E-state index contributed by atoms with van der Waals surface area (Å²) >= 11 is 0. The summed E-state index contributed by atoms with van der Waals surface area (Å²) in [5.41, 5.74) is -0.532. The first kappa shape index (κ1) is 19.4. The van der Waals surface area contributed by atoms with Gasteiger partial charge in [0.1, 0.15) is 0 Å². The molecule has 1 amide bonds. The second-order valence-corrected chi connectivity index (χ2v) is 8.11. The van der Waals surface area contributed by atoms with Crippen LogP contribution in [0.25, 0.3) is 0 Å². The standard InChI is InChI=1S/C18H17F3N2O3S/c19-18(20,21)14-6-8-15(9-7-14)22-17(24)13-4-3-5-16(12-13)27(25,26)23-10-1-2-11-23/h3-9,12H,1-2,10-11H2,(H,22,24). The molecule has 0 spiro atoms. The van der Waals surface area contributed by atoms with Crippen molar-refractivity contribution in [2.45, 2.75) is 23.9 Å². The number of nitrogens with one attached hydrogen (secondary N) is 1. The van der Waals surface area contributed by atoms with Crippen molar-refractivity contribution in [1.29, 1.82) is 0 Å². The number of nitrogens with zero attached hydrogens (tertiary/aromatic N) is 1. The number of hydrogen-bond acceptors (Lipinski definition) is 3. The van der Waals surface area contributed by atoms with Crippen molar-refractivity contribution in [3.8, 4) is 0 Å². The summed E-state index contributed by atoms with van der Waals surface area (Å²) in [6.45, 7) is 0.897. The molecule has 2 aromatic rings. The highest BCUT2D eigenvalue weighted by atomic mass is 32.2. The molecule has 0 saturated carbocycles. The smallest absolute Gasteiger partial charge is 0.322 e. The third-order valence-corrected chi connectivity index (χ3v) is 6.16. The Hall–Kier alpha value is -2.39. The average Bonchev–Trinajstić information content (AvgIpc) is 3.17. The summed E-state index contributed by atoms with van der Waals surface area (Å²) in [5, 5.41) is 2.47. The molecule has 144 valence electrons. The molecular weight excluding hydrogens is 381 g/mol. The van der Waals surface area contributed by atoms with Crippen molar-refractivity contribution in [1.82, 2.24) is 4.31 Å². The zero-order valence-electron chi connectivity index (χ0n) is 14.2. The Bertz CT molecular complexity index is 935. The largest absolute Gasteiger partial charge is 0.416 e. The van der Waals surface area contributed by atoms with Gasteiger partial charge in [-0.1, -0.05) is 6.07 Å². The van der Waals surface area contributed by atoms with Crippen LogP contribution in [-0.4, -0.2) is 31.7 Å². The zero-order valence-corrected chi connectivity index (χ0v) is 15.0. The Morgan fingerprint density at radius 2 is 1.63 bits per heavy atom. The average molecular weight is 398 g/mol. The van der Waals surface area contributed by atoms with E-state index < -0.39 is 27.7 Å². The van der Waals surface area contributed by atoms with Crippen LogP contribution in [0.3, 0.4) is 0 Å². The van der Waals surface area contributed by atoms with Gasteiger partial charge in [-0.05, 0) is 55.3 Å². The minimum atomic E-state index is -4.46. The lowest BCUT2D eigenvalue weighted by Crippen LogP contribution is -2.28. The quantitative estimate of drug-likeness (QED) is 0.853. The molecule has 0 unspecified atom stereocenters. The summed E-state index contributed by atoms with van der Waals surface area (Å²) in [5.74, 6) is -0.603. The minimum absolute atomic E-state index is 0.0180. The van der Waals surface area contributed by atoms with E-state index in [1.807, 2.05) is 0 Å². The highest BCUT2D eigenvalue weighted by Crippen LogP contribution is 2.30. The molecule has 0 radical (unpaired) electrons. The molecule has 1 saturated heterocycles. The van der Waals surface area contributed by atoms with Crippen LogP contribution >= 0.6 is 0 Å². The van der Waals surface area contributed by atoms with Gasteiger partial charge < -0.3 is 5.32 Å². The fourth-order valence-electron chi connectivity index (χ4n) is 2.82. The SMILES string of the molecule is O=C(Nc1ccc(C(F)(F)F)cc1)c1cccc(S(=O)(=O)N2CCCC2)c1. The number of anilines is 1. The Kier molecular flexibility index (Phi) is 5.25. The molecule has 27 heavy (non-hydrogen) atoms. The number of amides is 1. The predicted octanol–water partition coefficient (Wildman–Crippen LogP) is 3.74. The van der Waals surface area contributed by atoms with Gasteiger partial charge in [-0.15, -0.1) is 0 Å². The van der Waals surface area contributed by atoms with Crippen molar-refractivity contribution in [2.24, 2.45) is 0 Å². The Labute approximate surface area is 154 Å². The van der Waals surface area contributed by atoms with E-state index in [4.69, 9.17) is 0 Å². The van der Waals surface area contributed by atoms with Gasteiger partial charge in [-0.2, -0.15) is 17.5 Å². The van der Waals surface area contributed by atoms with Crippen LogP contribution in [-0.2, 0) is 16.2 Å². The predicted molar refractivity (Wildman–Crippen MR) is 93.8 cm³/mol. The van der Waals surface area contributed by atoms with E-state index in [9.17, 15) is 26.4 Å². The number of carbonyl (C=O) groups is 1. The van der Waals surface area contributed by atoms with E-state index in [1.165, 1.54) is 28.6 Å². The van der Waals surface area contributed by atoms with Crippen LogP contribution in [0.15, 0.2) is 53.4 Å². The normalized spacial score (nSPS) is 15.7. The third kappa shape index (κ3) is 4.30. The molecule has 9 heteroatoms. The van der Waals surface area contributed by atoms with Crippen molar-refractivity contribution < 1.29 is 26.4 Å². The highest BCUT2D eigenvalue weighted by Gasteiger charge is 2.30. The number of alkyl halides is 3. The van der Waals surface area contributed by atoms with E-state index in [0.717, 1.165) is 37.1 Å². The van der Waals surface area contributed by atoms with Crippen LogP contribution in [0.2, 0.25) is 0 Å². The molecule has 0 aliphatic carbocycles. The third-order valence-electron chi connectivity index (χ3n) is 4.27. The summed E-state index contributed by atoms with van der Waals surface area (Å²) in [6, 6.07) is 9.62. The molecule has 0 aromatic heterocycles. The van der Waals surface area contributed by atoms with E-state index >= 15 is 0 Å². The fourth-order valence-corrected chi connectivity index (χ4v) is 4.38. The molecule has 3 rings (SSSR count). The number of hydrogen-bond donors (Lipinski definition) is 1. The molecule has 1 aliphatic heterocycles. The van der Waals surface area contributed by atoms with E-state index in [-0.39, 0.29) is 16.1 Å². The maximum atomic E-state index is 12.6. The lowest BCUT2D eigenvalue weighted by atomic mass is 10.2. The lowest BCUT2D eigenvalue weighted by Gasteiger charge is -2.16. The number of rotatable bonds is 4. The van der Waals surface area contributed by atoms with Crippen molar-refractivity contribution in [2.75, 3.05) is 18.4 Å². The maximum Gasteiger partial charge on any atom is 0.416 e. The Morgan fingerprint density at radius 1 is 1.00 bits per heavy atom. The summed E-state index contributed by atoms with van der Waals surface area (Å²) in [7, 11) is -3.66. The number of halogens is 3. The lowest BCUT2D eigenvalue weighted by molar-refractivity contribution is -0.137. The summed E-state index contributed by atoms with van der Waals surface area (Å²) in [4.78, 5) is 12.4. The molecule has 0 bridgehead atoms. The van der Waals surface area contributed by atoms with Gasteiger partial charge in [-0.3, -0.25) is 4.79 Å². The van der Waals surface area contributed by atoms with Crippen LogP contribution < -0.4 is 5.32 Å². The van der Waals surface area contributed by atoms with Gasteiger partial charge in [0.15, 0.2) is 0 Å². The minimum Gasteiger partial charge on any atom is -0.322 e. The molecule has 1 aliphatic rings. The Balaban J connectivity index is 1.78. The second kappa shape index (κ2) is 7.32. The van der Waals surface area contributed by atoms with E-state index in [1.54, 1.807) is 0 Å². The molecule has 2 aromatic carbocycles. The molecule has 5 nitrogen and oxygen atoms in total. The van der Waals surface area contributed by atoms with Gasteiger partial charge in [0, 0.05) is 24.3 Å². The van der Waals surface area contributed by atoms with Gasteiger partial charge >= 0.3 is 6.18 Å². The second-order valence-electron chi connectivity index (χ2n) is 6.17. The monoisotopic (exact) mass is 398 g/mol. The summed E-state index contributed by atoms with van der Waals surface area (Å²) < 4.78 is 64.3. The topological polar surface area (TPSA) is 66.5 Å². The number of sulfonamides is 1. The van der Waals surface area contributed by atoms with Crippen LogP contribution in [0.4, 0.5) is 18.9 Å². The van der Waals surface area contributed by atoms with E-state index in [0.29, 0.717) is 13.1 Å². The zero-order chi connectivity index (χ0) is 19.7. The number of carbonyl (C=O) groups excluding carboxylic acids is 1. The van der Waals surface area contributed by atoms with Crippen LogP contribution in [0.5, 0.6) is 0 Å².